The van der Waals surface area contributed by atoms with Crippen molar-refractivity contribution in [1.29, 1.82) is 0 Å². The second-order valence-electron chi connectivity index (χ2n) is 6.25. The van der Waals surface area contributed by atoms with E-state index < -0.39 is 40.4 Å². The van der Waals surface area contributed by atoms with E-state index in [1.807, 2.05) is 0 Å². The van der Waals surface area contributed by atoms with E-state index in [2.05, 4.69) is 20.1 Å². The quantitative estimate of drug-likeness (QED) is 0.557. The molecule has 14 heteroatoms. The molecule has 0 bridgehead atoms. The van der Waals surface area contributed by atoms with Gasteiger partial charge in [-0.1, -0.05) is 11.6 Å². The highest BCUT2D eigenvalue weighted by Gasteiger charge is 2.36. The number of amides is 2. The molecule has 0 aliphatic rings. The van der Waals surface area contributed by atoms with Gasteiger partial charge in [0.25, 0.3) is 11.8 Å². The van der Waals surface area contributed by atoms with Gasteiger partial charge in [-0.15, -0.1) is 11.3 Å². The number of rotatable bonds is 4. The molecule has 0 radical (unpaired) electrons. The van der Waals surface area contributed by atoms with Gasteiger partial charge in [0.05, 0.1) is 17.6 Å². The lowest BCUT2D eigenvalue weighted by molar-refractivity contribution is -0.142. The van der Waals surface area contributed by atoms with Crippen molar-refractivity contribution in [1.82, 2.24) is 14.6 Å². The molecule has 31 heavy (non-hydrogen) atoms. The number of alkyl halides is 3. The highest BCUT2D eigenvalue weighted by atomic mass is 35.5. The summed E-state index contributed by atoms with van der Waals surface area (Å²) in [6, 6.07) is 0.759. The lowest BCUT2D eigenvalue weighted by Gasteiger charge is -2.09. The first-order valence-corrected chi connectivity index (χ1v) is 9.52. The summed E-state index contributed by atoms with van der Waals surface area (Å²) in [5.74, 6) is -2.72. The smallest absolute Gasteiger partial charge is 0.433 e. The number of ether oxygens (including phenoxy) is 1. The third-order valence-electron chi connectivity index (χ3n) is 4.15. The van der Waals surface area contributed by atoms with Crippen molar-refractivity contribution < 1.29 is 32.3 Å². The Labute approximate surface area is 180 Å². The maximum Gasteiger partial charge on any atom is 0.433 e. The Morgan fingerprint density at radius 1 is 1.29 bits per heavy atom. The van der Waals surface area contributed by atoms with E-state index in [1.165, 1.54) is 13.8 Å². The van der Waals surface area contributed by atoms with Crippen LogP contribution in [0.5, 0.6) is 0 Å². The molecule has 3 N–H and O–H groups in total. The zero-order valence-electron chi connectivity index (χ0n) is 16.0. The third kappa shape index (κ3) is 3.93. The number of halogens is 4. The number of methoxy groups -OCH3 is 1. The van der Waals surface area contributed by atoms with Crippen molar-refractivity contribution >= 4 is 51.4 Å². The Kier molecular flexibility index (Phi) is 5.67. The number of hydrogen-bond acceptors (Lipinski definition) is 7. The molecule has 0 aromatic carbocycles. The average molecular weight is 476 g/mol. The number of nitrogens with zero attached hydrogens (tertiary/aromatic N) is 3. The zero-order chi connectivity index (χ0) is 23.2. The fraction of sp³-hybridized carbons (Fsp3) is 0.235. The number of primary amides is 1. The molecule has 0 aliphatic carbocycles. The van der Waals surface area contributed by atoms with Gasteiger partial charge in [0.1, 0.15) is 15.7 Å². The monoisotopic (exact) mass is 475 g/mol. The molecule has 0 fully saturated rings. The molecule has 0 unspecified atom stereocenters. The van der Waals surface area contributed by atoms with Crippen molar-refractivity contribution in [2.24, 2.45) is 5.73 Å². The van der Waals surface area contributed by atoms with Gasteiger partial charge in [-0.3, -0.25) is 9.59 Å². The predicted molar refractivity (Wildman–Crippen MR) is 105 cm³/mol. The van der Waals surface area contributed by atoms with Crippen LogP contribution in [-0.2, 0) is 10.9 Å². The Bertz CT molecular complexity index is 1250. The highest BCUT2D eigenvalue weighted by Crippen LogP contribution is 2.35. The Balaban J connectivity index is 2.12. The first kappa shape index (κ1) is 22.5. The molecule has 0 saturated heterocycles. The molecule has 0 aliphatic heterocycles. The van der Waals surface area contributed by atoms with Crippen LogP contribution in [-0.4, -0.2) is 39.5 Å². The van der Waals surface area contributed by atoms with Gasteiger partial charge in [-0.25, -0.2) is 14.3 Å². The van der Waals surface area contributed by atoms with E-state index in [9.17, 15) is 27.6 Å². The highest BCUT2D eigenvalue weighted by molar-refractivity contribution is 7.18. The zero-order valence-corrected chi connectivity index (χ0v) is 17.6. The molecule has 2 amide bonds. The van der Waals surface area contributed by atoms with Gasteiger partial charge < -0.3 is 15.8 Å². The number of carbonyl (C=O) groups excluding carboxylic acids is 3. The van der Waals surface area contributed by atoms with Crippen molar-refractivity contribution in [3.8, 4) is 0 Å². The van der Waals surface area contributed by atoms with Gasteiger partial charge in [0, 0.05) is 5.69 Å². The number of thiophene rings is 1. The Morgan fingerprint density at radius 2 is 1.94 bits per heavy atom. The van der Waals surface area contributed by atoms with Crippen molar-refractivity contribution in [3.63, 3.8) is 0 Å². The molecule has 9 nitrogen and oxygen atoms in total. The van der Waals surface area contributed by atoms with E-state index in [1.54, 1.807) is 0 Å². The molecular weight excluding hydrogens is 463 g/mol. The fourth-order valence-electron chi connectivity index (χ4n) is 2.81. The summed E-state index contributed by atoms with van der Waals surface area (Å²) < 4.78 is 45.2. The minimum atomic E-state index is -4.78. The lowest BCUT2D eigenvalue weighted by atomic mass is 10.1. The van der Waals surface area contributed by atoms with Gasteiger partial charge >= 0.3 is 12.1 Å². The summed E-state index contributed by atoms with van der Waals surface area (Å²) in [5.41, 5.74) is 3.25. The molecule has 164 valence electrons. The maximum atomic E-state index is 13.4. The maximum absolute atomic E-state index is 13.4. The number of anilines is 1. The van der Waals surface area contributed by atoms with Crippen LogP contribution in [0.1, 0.15) is 47.5 Å². The van der Waals surface area contributed by atoms with E-state index in [4.69, 9.17) is 17.3 Å². The molecule has 3 heterocycles. The van der Waals surface area contributed by atoms with Crippen LogP contribution in [0.25, 0.3) is 5.65 Å². The number of aromatic nitrogens is 3. The number of fused-ring (bicyclic) bond motifs is 1. The average Bonchev–Trinajstić information content (AvgIpc) is 3.17. The van der Waals surface area contributed by atoms with Crippen LogP contribution in [0.3, 0.4) is 0 Å². The summed E-state index contributed by atoms with van der Waals surface area (Å²) in [6.07, 6.45) is -4.78. The van der Waals surface area contributed by atoms with E-state index in [0.717, 1.165) is 13.2 Å². The summed E-state index contributed by atoms with van der Waals surface area (Å²) in [6.45, 7) is 2.76. The van der Waals surface area contributed by atoms with Crippen molar-refractivity contribution in [2.75, 3.05) is 12.4 Å². The van der Waals surface area contributed by atoms with Crippen molar-refractivity contribution in [3.05, 3.63) is 44.2 Å². The molecule has 3 aromatic heterocycles. The van der Waals surface area contributed by atoms with Gasteiger partial charge in [-0.05, 0) is 25.5 Å². The largest absolute Gasteiger partial charge is 0.465 e. The number of nitrogens with one attached hydrogen (secondary N) is 1. The summed E-state index contributed by atoms with van der Waals surface area (Å²) in [5, 5.41) is 5.47. The molecule has 3 rings (SSSR count). The van der Waals surface area contributed by atoms with E-state index in [-0.39, 0.29) is 32.3 Å². The minimum Gasteiger partial charge on any atom is -0.465 e. The van der Waals surface area contributed by atoms with Gasteiger partial charge in [-0.2, -0.15) is 18.3 Å². The van der Waals surface area contributed by atoms with Crippen LogP contribution >= 0.6 is 22.9 Å². The molecule has 0 atom stereocenters. The third-order valence-corrected chi connectivity index (χ3v) is 5.72. The van der Waals surface area contributed by atoms with E-state index >= 15 is 0 Å². The minimum absolute atomic E-state index is 0.00607. The predicted octanol–water partition coefficient (Wildman–Crippen LogP) is 3.22. The fourth-order valence-corrected chi connectivity index (χ4v) is 4.09. The normalized spacial score (nSPS) is 11.6. The van der Waals surface area contributed by atoms with Gasteiger partial charge in [0.2, 0.25) is 0 Å². The number of esters is 1. The molecule has 0 spiro atoms. The first-order valence-electron chi connectivity index (χ1n) is 8.32. The second-order valence-corrected chi connectivity index (χ2v) is 7.65. The summed E-state index contributed by atoms with van der Waals surface area (Å²) in [7, 11) is 1.10. The Morgan fingerprint density at radius 3 is 2.48 bits per heavy atom. The van der Waals surface area contributed by atoms with Crippen LogP contribution in [0.2, 0.25) is 5.02 Å². The van der Waals surface area contributed by atoms with Gasteiger partial charge in [0.15, 0.2) is 11.3 Å². The van der Waals surface area contributed by atoms with Crippen molar-refractivity contribution in [2.45, 2.75) is 20.0 Å². The standard InChI is InChI=1S/C17H13ClF3N5O4S/c1-5-4-7(17(19,20)21)26-13(23-5)9(18)10(25-26)14(28)24-15-8(16(29)30-3)6(2)11(31-15)12(22)27/h4H,1-3H3,(H2,22,27)(H,24,28). The number of aryl methyl sites for hydroxylation is 1. The van der Waals surface area contributed by atoms with Crippen LogP contribution in [0, 0.1) is 13.8 Å². The number of hydrogen-bond donors (Lipinski definition) is 2. The summed E-state index contributed by atoms with van der Waals surface area (Å²) in [4.78, 5) is 40.4. The molecular formula is C17H13ClF3N5O4S. The van der Waals surface area contributed by atoms with Crippen LogP contribution < -0.4 is 11.1 Å². The Hall–Kier alpha value is -3.19. The summed E-state index contributed by atoms with van der Waals surface area (Å²) >= 11 is 6.80. The number of nitrogens with two attached hydrogens (primary N) is 1. The topological polar surface area (TPSA) is 129 Å². The van der Waals surface area contributed by atoms with Crippen LogP contribution in [0.15, 0.2) is 6.07 Å². The molecule has 3 aromatic rings. The SMILES string of the molecule is COC(=O)c1c(NC(=O)c2nn3c(C(F)(F)F)cc(C)nc3c2Cl)sc(C(N)=O)c1C. The second kappa shape index (κ2) is 7.81. The van der Waals surface area contributed by atoms with Crippen LogP contribution in [0.4, 0.5) is 18.2 Å². The first-order chi connectivity index (χ1) is 14.4. The van der Waals surface area contributed by atoms with E-state index in [0.29, 0.717) is 15.9 Å². The molecule has 0 saturated carbocycles. The number of carbonyl (C=O) groups is 3. The lowest BCUT2D eigenvalue weighted by Crippen LogP contribution is -2.16.